The summed E-state index contributed by atoms with van der Waals surface area (Å²) >= 11 is 0. The molecule has 0 atom stereocenters. The first kappa shape index (κ1) is 13.8. The van der Waals surface area contributed by atoms with Crippen molar-refractivity contribution in [3.8, 4) is 0 Å². The van der Waals surface area contributed by atoms with Gasteiger partial charge in [0, 0.05) is 12.1 Å². The number of rotatable bonds is 4. The minimum absolute atomic E-state index is 0.173. The van der Waals surface area contributed by atoms with E-state index in [4.69, 9.17) is 0 Å². The van der Waals surface area contributed by atoms with Gasteiger partial charge in [0.2, 0.25) is 0 Å². The number of allylic oxidation sites excluding steroid dienone is 1. The molecule has 0 heterocycles. The van der Waals surface area contributed by atoms with E-state index in [-0.39, 0.29) is 17.8 Å². The average Bonchev–Trinajstić information content (AvgIpc) is 2.39. The van der Waals surface area contributed by atoms with Crippen molar-refractivity contribution in [1.82, 2.24) is 0 Å². The fourth-order valence-electron chi connectivity index (χ4n) is 1.34. The van der Waals surface area contributed by atoms with Gasteiger partial charge >= 0.3 is 5.97 Å². The SMILES string of the molecule is CC/C(O)=C(\C(=O)Nc1ccccc1)C(=O)OC. The molecule has 0 aromatic heterocycles. The minimum atomic E-state index is -0.859. The summed E-state index contributed by atoms with van der Waals surface area (Å²) in [5, 5.41) is 12.1. The Hall–Kier alpha value is -2.30. The zero-order valence-electron chi connectivity index (χ0n) is 10.3. The van der Waals surface area contributed by atoms with E-state index in [0.29, 0.717) is 5.69 Å². The van der Waals surface area contributed by atoms with Crippen molar-refractivity contribution < 1.29 is 19.4 Å². The highest BCUT2D eigenvalue weighted by Crippen LogP contribution is 2.12. The predicted octanol–water partition coefficient (Wildman–Crippen LogP) is 2.02. The maximum Gasteiger partial charge on any atom is 0.346 e. The second-order valence-corrected chi connectivity index (χ2v) is 3.49. The van der Waals surface area contributed by atoms with Gasteiger partial charge in [0.25, 0.3) is 5.91 Å². The number of hydrogen-bond acceptors (Lipinski definition) is 4. The van der Waals surface area contributed by atoms with Gasteiger partial charge in [-0.1, -0.05) is 25.1 Å². The van der Waals surface area contributed by atoms with Gasteiger partial charge in [-0.2, -0.15) is 0 Å². The molecule has 1 aromatic carbocycles. The van der Waals surface area contributed by atoms with E-state index < -0.39 is 11.9 Å². The summed E-state index contributed by atoms with van der Waals surface area (Å²) in [6.07, 6.45) is 0.173. The Morgan fingerprint density at radius 3 is 2.39 bits per heavy atom. The fraction of sp³-hybridized carbons (Fsp3) is 0.231. The zero-order valence-corrected chi connectivity index (χ0v) is 10.3. The summed E-state index contributed by atoms with van der Waals surface area (Å²) in [7, 11) is 1.15. The molecule has 96 valence electrons. The van der Waals surface area contributed by atoms with Crippen molar-refractivity contribution in [2.45, 2.75) is 13.3 Å². The molecule has 2 N–H and O–H groups in total. The van der Waals surface area contributed by atoms with Crippen LogP contribution in [0.15, 0.2) is 41.7 Å². The van der Waals surface area contributed by atoms with Crippen molar-refractivity contribution in [2.24, 2.45) is 0 Å². The summed E-state index contributed by atoms with van der Waals surface area (Å²) in [6, 6.07) is 8.65. The van der Waals surface area contributed by atoms with Crippen LogP contribution in [0, 0.1) is 0 Å². The predicted molar refractivity (Wildman–Crippen MR) is 67.0 cm³/mol. The van der Waals surface area contributed by atoms with Crippen LogP contribution in [0.4, 0.5) is 5.69 Å². The topological polar surface area (TPSA) is 75.6 Å². The maximum absolute atomic E-state index is 11.9. The lowest BCUT2D eigenvalue weighted by Gasteiger charge is -2.09. The van der Waals surface area contributed by atoms with Crippen LogP contribution in [0.2, 0.25) is 0 Å². The molecule has 5 heteroatoms. The molecule has 18 heavy (non-hydrogen) atoms. The van der Waals surface area contributed by atoms with E-state index in [1.54, 1.807) is 37.3 Å². The number of hydrogen-bond donors (Lipinski definition) is 2. The first-order valence-electron chi connectivity index (χ1n) is 5.47. The van der Waals surface area contributed by atoms with E-state index in [1.165, 1.54) is 0 Å². The van der Waals surface area contributed by atoms with Gasteiger partial charge in [0.05, 0.1) is 7.11 Å². The van der Waals surface area contributed by atoms with Crippen LogP contribution in [0.1, 0.15) is 13.3 Å². The summed E-state index contributed by atoms with van der Waals surface area (Å²) in [5.74, 6) is -1.84. The van der Waals surface area contributed by atoms with Crippen LogP contribution in [-0.4, -0.2) is 24.1 Å². The Labute approximate surface area is 105 Å². The summed E-state index contributed by atoms with van der Waals surface area (Å²) < 4.78 is 4.48. The molecular weight excluding hydrogens is 234 g/mol. The van der Waals surface area contributed by atoms with E-state index in [1.807, 2.05) is 0 Å². The van der Waals surface area contributed by atoms with Gasteiger partial charge in [-0.05, 0) is 12.1 Å². The van der Waals surface area contributed by atoms with Crippen molar-refractivity contribution in [3.05, 3.63) is 41.7 Å². The highest BCUT2D eigenvalue weighted by Gasteiger charge is 2.23. The molecule has 1 aromatic rings. The number of carbonyl (C=O) groups is 2. The normalized spacial score (nSPS) is 11.4. The van der Waals surface area contributed by atoms with Crippen molar-refractivity contribution >= 4 is 17.6 Å². The molecule has 0 saturated carbocycles. The van der Waals surface area contributed by atoms with Gasteiger partial charge in [-0.3, -0.25) is 4.79 Å². The quantitative estimate of drug-likeness (QED) is 0.281. The molecule has 0 saturated heterocycles. The third kappa shape index (κ3) is 3.35. The number of esters is 1. The van der Waals surface area contributed by atoms with Gasteiger partial charge in [0.1, 0.15) is 5.76 Å². The van der Waals surface area contributed by atoms with Gasteiger partial charge in [-0.25, -0.2) is 4.79 Å². The second-order valence-electron chi connectivity index (χ2n) is 3.49. The third-order valence-corrected chi connectivity index (χ3v) is 2.27. The molecule has 1 rings (SSSR count). The lowest BCUT2D eigenvalue weighted by Crippen LogP contribution is -2.23. The standard InChI is InChI=1S/C13H15NO4/c1-3-10(15)11(13(17)18-2)12(16)14-9-7-5-4-6-8-9/h4-8,15H,3H2,1-2H3,(H,14,16)/b11-10-. The highest BCUT2D eigenvalue weighted by molar-refractivity contribution is 6.21. The van der Waals surface area contributed by atoms with Crippen LogP contribution in [0.25, 0.3) is 0 Å². The van der Waals surface area contributed by atoms with Gasteiger partial charge in [-0.15, -0.1) is 0 Å². The number of anilines is 1. The molecular formula is C13H15NO4. The Balaban J connectivity index is 2.95. The van der Waals surface area contributed by atoms with E-state index >= 15 is 0 Å². The Kier molecular flexibility index (Phi) is 4.92. The molecule has 0 aliphatic carbocycles. The monoisotopic (exact) mass is 249 g/mol. The summed E-state index contributed by atoms with van der Waals surface area (Å²) in [5.41, 5.74) is 0.164. The number of benzene rings is 1. The third-order valence-electron chi connectivity index (χ3n) is 2.27. The van der Waals surface area contributed by atoms with Crippen molar-refractivity contribution in [2.75, 3.05) is 12.4 Å². The molecule has 0 fully saturated rings. The average molecular weight is 249 g/mol. The fourth-order valence-corrected chi connectivity index (χ4v) is 1.34. The number of ether oxygens (including phenoxy) is 1. The van der Waals surface area contributed by atoms with Gasteiger partial charge < -0.3 is 15.2 Å². The first-order chi connectivity index (χ1) is 8.60. The molecule has 0 unspecified atom stereocenters. The minimum Gasteiger partial charge on any atom is -0.511 e. The second kappa shape index (κ2) is 6.44. The molecule has 1 amide bonds. The molecule has 0 radical (unpaired) electrons. The number of aliphatic hydroxyl groups excluding tert-OH is 1. The molecule has 0 spiro atoms. The summed E-state index contributed by atoms with van der Waals surface area (Å²) in [6.45, 7) is 1.63. The Morgan fingerprint density at radius 2 is 1.89 bits per heavy atom. The Bertz CT molecular complexity index is 465. The molecule has 0 aliphatic rings. The molecule has 0 bridgehead atoms. The largest absolute Gasteiger partial charge is 0.511 e. The number of para-hydroxylation sites is 1. The number of amides is 1. The molecule has 0 aliphatic heterocycles. The van der Waals surface area contributed by atoms with Crippen LogP contribution in [0.5, 0.6) is 0 Å². The van der Waals surface area contributed by atoms with Crippen molar-refractivity contribution in [1.29, 1.82) is 0 Å². The Morgan fingerprint density at radius 1 is 1.28 bits per heavy atom. The smallest absolute Gasteiger partial charge is 0.346 e. The van der Waals surface area contributed by atoms with E-state index in [0.717, 1.165) is 7.11 Å². The van der Waals surface area contributed by atoms with E-state index in [9.17, 15) is 14.7 Å². The number of nitrogens with one attached hydrogen (secondary N) is 1. The van der Waals surface area contributed by atoms with Gasteiger partial charge in [0.15, 0.2) is 5.57 Å². The number of aliphatic hydroxyl groups is 1. The lowest BCUT2D eigenvalue weighted by atomic mass is 10.1. The number of methoxy groups -OCH3 is 1. The highest BCUT2D eigenvalue weighted by atomic mass is 16.5. The molecule has 5 nitrogen and oxygen atoms in total. The zero-order chi connectivity index (χ0) is 13.5. The van der Waals surface area contributed by atoms with Crippen LogP contribution >= 0.6 is 0 Å². The lowest BCUT2D eigenvalue weighted by molar-refractivity contribution is -0.137. The van der Waals surface area contributed by atoms with Crippen LogP contribution in [-0.2, 0) is 14.3 Å². The maximum atomic E-state index is 11.9. The summed E-state index contributed by atoms with van der Waals surface area (Å²) in [4.78, 5) is 23.3. The van der Waals surface area contributed by atoms with Crippen LogP contribution in [0.3, 0.4) is 0 Å². The first-order valence-corrected chi connectivity index (χ1v) is 5.47. The van der Waals surface area contributed by atoms with Crippen molar-refractivity contribution in [3.63, 3.8) is 0 Å². The number of carbonyl (C=O) groups excluding carboxylic acids is 2. The van der Waals surface area contributed by atoms with E-state index in [2.05, 4.69) is 10.1 Å². The van der Waals surface area contributed by atoms with Crippen LogP contribution < -0.4 is 5.32 Å².